The van der Waals surface area contributed by atoms with Gasteiger partial charge in [0.15, 0.2) is 6.61 Å². The molecule has 1 N–H and O–H groups in total. The molecule has 2 aromatic rings. The maximum Gasteiger partial charge on any atom is 0.339 e. The summed E-state index contributed by atoms with van der Waals surface area (Å²) in [6.45, 7) is 0.0587. The van der Waals surface area contributed by atoms with Gasteiger partial charge >= 0.3 is 5.97 Å². The molecule has 0 aliphatic heterocycles. The van der Waals surface area contributed by atoms with Crippen molar-refractivity contribution in [1.82, 2.24) is 5.32 Å². The van der Waals surface area contributed by atoms with E-state index >= 15 is 0 Å². The lowest BCUT2D eigenvalue weighted by Gasteiger charge is -2.08. The molecule has 2 rings (SSSR count). The molecular formula is C17H16INO4. The van der Waals surface area contributed by atoms with Gasteiger partial charge in [-0.25, -0.2) is 4.79 Å². The Balaban J connectivity index is 1.78. The highest BCUT2D eigenvalue weighted by atomic mass is 127. The van der Waals surface area contributed by atoms with Crippen LogP contribution in [-0.2, 0) is 16.1 Å². The van der Waals surface area contributed by atoms with E-state index in [0.29, 0.717) is 12.1 Å². The monoisotopic (exact) mass is 425 g/mol. The number of rotatable bonds is 6. The molecule has 5 nitrogen and oxygen atoms in total. The van der Waals surface area contributed by atoms with Gasteiger partial charge < -0.3 is 14.8 Å². The van der Waals surface area contributed by atoms with Gasteiger partial charge in [0, 0.05) is 10.1 Å². The van der Waals surface area contributed by atoms with Crippen LogP contribution in [0.5, 0.6) is 5.75 Å². The third-order valence-electron chi connectivity index (χ3n) is 3.08. The SMILES string of the molecule is COc1ccc(CNC(=O)COC(=O)c2ccccc2I)cc1. The lowest BCUT2D eigenvalue weighted by Crippen LogP contribution is -2.28. The molecule has 2 aromatic carbocycles. The van der Waals surface area contributed by atoms with Crippen LogP contribution in [0.1, 0.15) is 15.9 Å². The molecule has 0 unspecified atom stereocenters. The van der Waals surface area contributed by atoms with Crippen LogP contribution in [0.25, 0.3) is 0 Å². The molecule has 6 heteroatoms. The van der Waals surface area contributed by atoms with Gasteiger partial charge in [0.05, 0.1) is 12.7 Å². The molecule has 0 aromatic heterocycles. The summed E-state index contributed by atoms with van der Waals surface area (Å²) in [6.07, 6.45) is 0. The molecule has 0 spiro atoms. The van der Waals surface area contributed by atoms with Crippen molar-refractivity contribution in [2.24, 2.45) is 0 Å². The van der Waals surface area contributed by atoms with Crippen molar-refractivity contribution in [3.05, 3.63) is 63.2 Å². The molecule has 0 saturated heterocycles. The second kappa shape index (κ2) is 8.52. The third-order valence-corrected chi connectivity index (χ3v) is 4.02. The van der Waals surface area contributed by atoms with Crippen molar-refractivity contribution in [3.63, 3.8) is 0 Å². The van der Waals surface area contributed by atoms with Gasteiger partial charge in [0.2, 0.25) is 0 Å². The first-order valence-electron chi connectivity index (χ1n) is 6.91. The number of esters is 1. The lowest BCUT2D eigenvalue weighted by molar-refractivity contribution is -0.124. The predicted molar refractivity (Wildman–Crippen MR) is 94.3 cm³/mol. The number of amides is 1. The molecule has 0 radical (unpaired) electrons. The van der Waals surface area contributed by atoms with Crippen molar-refractivity contribution < 1.29 is 19.1 Å². The quantitative estimate of drug-likeness (QED) is 0.571. The number of carbonyl (C=O) groups excluding carboxylic acids is 2. The smallest absolute Gasteiger partial charge is 0.339 e. The summed E-state index contributed by atoms with van der Waals surface area (Å²) in [5, 5.41) is 2.70. The second-order valence-electron chi connectivity index (χ2n) is 4.68. The maximum atomic E-state index is 11.9. The van der Waals surface area contributed by atoms with Crippen LogP contribution in [0.3, 0.4) is 0 Å². The van der Waals surface area contributed by atoms with Gasteiger partial charge in [0.1, 0.15) is 5.75 Å². The Kier molecular flexibility index (Phi) is 6.40. The average Bonchev–Trinajstić information content (AvgIpc) is 2.58. The minimum atomic E-state index is -0.505. The average molecular weight is 425 g/mol. The van der Waals surface area contributed by atoms with Crippen LogP contribution in [0.4, 0.5) is 0 Å². The summed E-state index contributed by atoms with van der Waals surface area (Å²) in [6, 6.07) is 14.4. The van der Waals surface area contributed by atoms with E-state index in [9.17, 15) is 9.59 Å². The van der Waals surface area contributed by atoms with Crippen molar-refractivity contribution in [2.45, 2.75) is 6.54 Å². The number of carbonyl (C=O) groups is 2. The summed E-state index contributed by atoms with van der Waals surface area (Å²) in [7, 11) is 1.60. The first kappa shape index (κ1) is 17.3. The first-order chi connectivity index (χ1) is 11.1. The van der Waals surface area contributed by atoms with E-state index in [1.807, 2.05) is 30.3 Å². The number of hydrogen-bond donors (Lipinski definition) is 1. The van der Waals surface area contributed by atoms with E-state index in [1.54, 1.807) is 25.3 Å². The Morgan fingerprint density at radius 2 is 1.78 bits per heavy atom. The Labute approximate surface area is 148 Å². The molecule has 0 fully saturated rings. The van der Waals surface area contributed by atoms with Crippen LogP contribution in [0.15, 0.2) is 48.5 Å². The van der Waals surface area contributed by atoms with Gasteiger partial charge in [-0.15, -0.1) is 0 Å². The molecule has 120 valence electrons. The topological polar surface area (TPSA) is 64.6 Å². The molecule has 0 saturated carbocycles. The first-order valence-corrected chi connectivity index (χ1v) is 7.99. The van der Waals surface area contributed by atoms with Crippen molar-refractivity contribution in [2.75, 3.05) is 13.7 Å². The maximum absolute atomic E-state index is 11.9. The van der Waals surface area contributed by atoms with Crippen LogP contribution in [-0.4, -0.2) is 25.6 Å². The van der Waals surface area contributed by atoms with E-state index in [-0.39, 0.29) is 12.5 Å². The molecule has 0 aliphatic rings. The number of ether oxygens (including phenoxy) is 2. The van der Waals surface area contributed by atoms with E-state index in [0.717, 1.165) is 14.9 Å². The largest absolute Gasteiger partial charge is 0.497 e. The highest BCUT2D eigenvalue weighted by molar-refractivity contribution is 14.1. The van der Waals surface area contributed by atoms with Crippen molar-refractivity contribution in [1.29, 1.82) is 0 Å². The fourth-order valence-electron chi connectivity index (χ4n) is 1.83. The highest BCUT2D eigenvalue weighted by Crippen LogP contribution is 2.13. The summed E-state index contributed by atoms with van der Waals surface area (Å²) in [4.78, 5) is 23.6. The normalized spacial score (nSPS) is 10.0. The van der Waals surface area contributed by atoms with Gasteiger partial charge in [0.25, 0.3) is 5.91 Å². The van der Waals surface area contributed by atoms with Crippen LogP contribution < -0.4 is 10.1 Å². The third kappa shape index (κ3) is 5.24. The number of methoxy groups -OCH3 is 1. The zero-order chi connectivity index (χ0) is 16.7. The van der Waals surface area contributed by atoms with E-state index in [4.69, 9.17) is 9.47 Å². The fourth-order valence-corrected chi connectivity index (χ4v) is 2.44. The van der Waals surface area contributed by atoms with E-state index in [2.05, 4.69) is 27.9 Å². The Bertz CT molecular complexity index is 685. The molecule has 0 bridgehead atoms. The molecule has 0 heterocycles. The Hall–Kier alpha value is -2.09. The Morgan fingerprint density at radius 3 is 2.43 bits per heavy atom. The standard InChI is InChI=1S/C17H16INO4/c1-22-13-8-6-12(7-9-13)10-19-16(20)11-23-17(21)14-4-2-3-5-15(14)18/h2-9H,10-11H2,1H3,(H,19,20). The molecule has 1 amide bonds. The van der Waals surface area contributed by atoms with E-state index in [1.165, 1.54) is 0 Å². The summed E-state index contributed by atoms with van der Waals surface area (Å²) in [5.41, 5.74) is 1.39. The second-order valence-corrected chi connectivity index (χ2v) is 5.84. The molecule has 0 atom stereocenters. The van der Waals surface area contributed by atoms with Crippen molar-refractivity contribution in [3.8, 4) is 5.75 Å². The molecular weight excluding hydrogens is 409 g/mol. The zero-order valence-electron chi connectivity index (χ0n) is 12.5. The van der Waals surface area contributed by atoms with Gasteiger partial charge in [-0.2, -0.15) is 0 Å². The van der Waals surface area contributed by atoms with E-state index < -0.39 is 5.97 Å². The van der Waals surface area contributed by atoms with Crippen LogP contribution in [0.2, 0.25) is 0 Å². The highest BCUT2D eigenvalue weighted by Gasteiger charge is 2.12. The zero-order valence-corrected chi connectivity index (χ0v) is 14.7. The minimum absolute atomic E-state index is 0.306. The predicted octanol–water partition coefficient (Wildman–Crippen LogP) is 2.77. The number of halogens is 1. The molecule has 0 aliphatic carbocycles. The summed E-state index contributed by atoms with van der Waals surface area (Å²) >= 11 is 2.05. The van der Waals surface area contributed by atoms with Crippen LogP contribution in [0, 0.1) is 3.57 Å². The summed E-state index contributed by atoms with van der Waals surface area (Å²) in [5.74, 6) is -0.0961. The number of nitrogens with one attached hydrogen (secondary N) is 1. The van der Waals surface area contributed by atoms with Gasteiger partial charge in [-0.1, -0.05) is 24.3 Å². The fraction of sp³-hybridized carbons (Fsp3) is 0.176. The van der Waals surface area contributed by atoms with Gasteiger partial charge in [-0.05, 0) is 52.4 Å². The minimum Gasteiger partial charge on any atom is -0.497 e. The van der Waals surface area contributed by atoms with Gasteiger partial charge in [-0.3, -0.25) is 4.79 Å². The number of hydrogen-bond acceptors (Lipinski definition) is 4. The summed E-state index contributed by atoms with van der Waals surface area (Å²) < 4.78 is 10.9. The van der Waals surface area contributed by atoms with Crippen molar-refractivity contribution >= 4 is 34.5 Å². The lowest BCUT2D eigenvalue weighted by atomic mass is 10.2. The number of benzene rings is 2. The molecule has 23 heavy (non-hydrogen) atoms. The Morgan fingerprint density at radius 1 is 1.09 bits per heavy atom. The van der Waals surface area contributed by atoms with Crippen LogP contribution >= 0.6 is 22.6 Å².